The van der Waals surface area contributed by atoms with Crippen LogP contribution in [0.1, 0.15) is 33.6 Å². The van der Waals surface area contributed by atoms with E-state index >= 15 is 0 Å². The first-order valence-electron chi connectivity index (χ1n) is 6.24. The van der Waals surface area contributed by atoms with Crippen molar-refractivity contribution >= 4 is 5.84 Å². The number of nitrogens with one attached hydrogen (secondary N) is 1. The van der Waals surface area contributed by atoms with Gasteiger partial charge in [0.1, 0.15) is 0 Å². The summed E-state index contributed by atoms with van der Waals surface area (Å²) < 4.78 is 10.6. The predicted molar refractivity (Wildman–Crippen MR) is 67.2 cm³/mol. The highest BCUT2D eigenvalue weighted by Crippen LogP contribution is 1.98. The van der Waals surface area contributed by atoms with Gasteiger partial charge < -0.3 is 14.4 Å². The molecule has 0 saturated carbocycles. The lowest BCUT2D eigenvalue weighted by atomic mass is 10.3. The molecule has 0 amide bonds. The second-order valence-corrected chi connectivity index (χ2v) is 3.58. The molecule has 1 N–H and O–H groups in total. The third-order valence-corrected chi connectivity index (χ3v) is 2.29. The highest BCUT2D eigenvalue weighted by atomic mass is 16.5. The van der Waals surface area contributed by atoms with Gasteiger partial charge in [-0.25, -0.2) is 0 Å². The van der Waals surface area contributed by atoms with Crippen molar-refractivity contribution in [3.05, 3.63) is 0 Å². The minimum atomic E-state index is 0.689. The van der Waals surface area contributed by atoms with E-state index in [1.54, 1.807) is 0 Å². The molecule has 0 aromatic heterocycles. The maximum atomic E-state index is 7.93. The molecule has 0 rings (SSSR count). The summed E-state index contributed by atoms with van der Waals surface area (Å²) in [5.74, 6) is 0.696. The molecule has 0 heterocycles. The zero-order valence-electron chi connectivity index (χ0n) is 10.9. The van der Waals surface area contributed by atoms with E-state index in [1.807, 2.05) is 13.8 Å². The van der Waals surface area contributed by atoms with E-state index in [1.165, 1.54) is 0 Å². The lowest BCUT2D eigenvalue weighted by molar-refractivity contribution is 0.106. The third-order valence-electron chi connectivity index (χ3n) is 2.29. The molecular weight excluding hydrogens is 204 g/mol. The van der Waals surface area contributed by atoms with Crippen molar-refractivity contribution < 1.29 is 9.47 Å². The Morgan fingerprint density at radius 3 is 1.88 bits per heavy atom. The van der Waals surface area contributed by atoms with E-state index in [0.717, 1.165) is 39.1 Å². The van der Waals surface area contributed by atoms with E-state index in [9.17, 15) is 0 Å². The summed E-state index contributed by atoms with van der Waals surface area (Å²) in [5.41, 5.74) is 0. The molecule has 4 nitrogen and oxygen atoms in total. The maximum Gasteiger partial charge on any atom is 0.0959 e. The molecule has 4 heteroatoms. The molecule has 0 aliphatic carbocycles. The predicted octanol–water partition coefficient (Wildman–Crippen LogP) is 2.14. The van der Waals surface area contributed by atoms with E-state index in [0.29, 0.717) is 19.0 Å². The molecule has 0 radical (unpaired) electrons. The number of hydrogen-bond acceptors (Lipinski definition) is 3. The molecule has 16 heavy (non-hydrogen) atoms. The largest absolute Gasteiger partial charge is 0.380 e. The van der Waals surface area contributed by atoms with Crippen LogP contribution in [0.15, 0.2) is 0 Å². The lowest BCUT2D eigenvalue weighted by Crippen LogP contribution is -2.36. The summed E-state index contributed by atoms with van der Waals surface area (Å²) in [6, 6.07) is 0. The van der Waals surface area contributed by atoms with Crippen molar-refractivity contribution in [2.75, 3.05) is 39.5 Å². The van der Waals surface area contributed by atoms with E-state index < -0.39 is 0 Å². The summed E-state index contributed by atoms with van der Waals surface area (Å²) in [5, 5.41) is 7.93. The van der Waals surface area contributed by atoms with Crippen LogP contribution in [0.25, 0.3) is 0 Å². The van der Waals surface area contributed by atoms with Crippen LogP contribution >= 0.6 is 0 Å². The van der Waals surface area contributed by atoms with Crippen LogP contribution in [0.5, 0.6) is 0 Å². The van der Waals surface area contributed by atoms with Crippen LogP contribution in [-0.4, -0.2) is 50.3 Å². The first-order chi connectivity index (χ1) is 7.76. The van der Waals surface area contributed by atoms with Crippen LogP contribution in [0.4, 0.5) is 0 Å². The zero-order valence-corrected chi connectivity index (χ0v) is 10.9. The first kappa shape index (κ1) is 15.4. The molecule has 0 spiro atoms. The molecule has 0 saturated heterocycles. The molecule has 96 valence electrons. The lowest BCUT2D eigenvalue weighted by Gasteiger charge is -2.24. The minimum absolute atomic E-state index is 0.689. The normalized spacial score (nSPS) is 10.4. The van der Waals surface area contributed by atoms with Gasteiger partial charge in [0.25, 0.3) is 0 Å². The standard InChI is InChI=1S/C12H26N2O2/c1-4-7-12(13)14(8-10-15-5-2)9-11-16-6-3/h13H,4-11H2,1-3H3. The van der Waals surface area contributed by atoms with Crippen LogP contribution in [0, 0.1) is 5.41 Å². The molecule has 0 fully saturated rings. The Morgan fingerprint density at radius 1 is 1.00 bits per heavy atom. The average Bonchev–Trinajstić information content (AvgIpc) is 2.28. The molecule has 0 aliphatic rings. The average molecular weight is 230 g/mol. The zero-order chi connectivity index (χ0) is 12.2. The molecule has 0 atom stereocenters. The number of nitrogens with zero attached hydrogens (tertiary/aromatic N) is 1. The van der Waals surface area contributed by atoms with E-state index in [-0.39, 0.29) is 0 Å². The Morgan fingerprint density at radius 2 is 1.50 bits per heavy atom. The summed E-state index contributed by atoms with van der Waals surface area (Å²) in [6.45, 7) is 10.5. The van der Waals surface area contributed by atoms with Gasteiger partial charge in [-0.2, -0.15) is 0 Å². The van der Waals surface area contributed by atoms with Gasteiger partial charge in [0.05, 0.1) is 19.0 Å². The number of hydrogen-bond donors (Lipinski definition) is 1. The van der Waals surface area contributed by atoms with Crippen LogP contribution in [0.2, 0.25) is 0 Å². The second-order valence-electron chi connectivity index (χ2n) is 3.58. The number of ether oxygens (including phenoxy) is 2. The summed E-state index contributed by atoms with van der Waals surface area (Å²) >= 11 is 0. The highest BCUT2D eigenvalue weighted by molar-refractivity contribution is 5.79. The van der Waals surface area contributed by atoms with Gasteiger partial charge in [-0.1, -0.05) is 6.92 Å². The second kappa shape index (κ2) is 10.9. The fourth-order valence-electron chi connectivity index (χ4n) is 1.41. The number of amidine groups is 1. The van der Waals surface area contributed by atoms with Crippen molar-refractivity contribution in [3.8, 4) is 0 Å². The van der Waals surface area contributed by atoms with Gasteiger partial charge in [0.15, 0.2) is 0 Å². The Hall–Kier alpha value is -0.610. The van der Waals surface area contributed by atoms with Crippen molar-refractivity contribution in [3.63, 3.8) is 0 Å². The van der Waals surface area contributed by atoms with Crippen molar-refractivity contribution in [1.29, 1.82) is 5.41 Å². The highest BCUT2D eigenvalue weighted by Gasteiger charge is 2.08. The van der Waals surface area contributed by atoms with E-state index in [2.05, 4.69) is 11.8 Å². The quantitative estimate of drug-likeness (QED) is 0.355. The van der Waals surface area contributed by atoms with Gasteiger partial charge in [0, 0.05) is 32.7 Å². The van der Waals surface area contributed by atoms with Gasteiger partial charge in [0.2, 0.25) is 0 Å². The van der Waals surface area contributed by atoms with Crippen LogP contribution < -0.4 is 0 Å². The fraction of sp³-hybridized carbons (Fsp3) is 0.917. The summed E-state index contributed by atoms with van der Waals surface area (Å²) in [6.07, 6.45) is 1.84. The molecule has 0 aliphatic heterocycles. The fourth-order valence-corrected chi connectivity index (χ4v) is 1.41. The van der Waals surface area contributed by atoms with E-state index in [4.69, 9.17) is 14.9 Å². The molecule has 0 aromatic carbocycles. The molecular formula is C12H26N2O2. The van der Waals surface area contributed by atoms with Crippen molar-refractivity contribution in [1.82, 2.24) is 4.90 Å². The molecule has 0 bridgehead atoms. The summed E-state index contributed by atoms with van der Waals surface area (Å²) in [4.78, 5) is 2.05. The van der Waals surface area contributed by atoms with Crippen molar-refractivity contribution in [2.24, 2.45) is 0 Å². The SMILES string of the molecule is CCCC(=N)N(CCOCC)CCOCC. The third kappa shape index (κ3) is 7.65. The Kier molecular flexibility index (Phi) is 10.5. The Bertz CT molecular complexity index is 164. The van der Waals surface area contributed by atoms with Gasteiger partial charge >= 0.3 is 0 Å². The number of rotatable bonds is 10. The van der Waals surface area contributed by atoms with Gasteiger partial charge in [-0.15, -0.1) is 0 Å². The minimum Gasteiger partial charge on any atom is -0.380 e. The smallest absolute Gasteiger partial charge is 0.0959 e. The van der Waals surface area contributed by atoms with Crippen LogP contribution in [-0.2, 0) is 9.47 Å². The Labute approximate surface area is 99.4 Å². The van der Waals surface area contributed by atoms with Gasteiger partial charge in [-0.05, 0) is 20.3 Å². The summed E-state index contributed by atoms with van der Waals surface area (Å²) in [7, 11) is 0. The molecule has 0 aromatic rings. The first-order valence-corrected chi connectivity index (χ1v) is 6.24. The van der Waals surface area contributed by atoms with Crippen molar-refractivity contribution in [2.45, 2.75) is 33.6 Å². The maximum absolute atomic E-state index is 7.93. The Balaban J connectivity index is 3.89. The molecule has 0 unspecified atom stereocenters. The topological polar surface area (TPSA) is 45.6 Å². The monoisotopic (exact) mass is 230 g/mol. The van der Waals surface area contributed by atoms with Gasteiger partial charge in [-0.3, -0.25) is 5.41 Å². The van der Waals surface area contributed by atoms with Crippen LogP contribution in [0.3, 0.4) is 0 Å².